The highest BCUT2D eigenvalue weighted by Gasteiger charge is 2.52. The van der Waals surface area contributed by atoms with Gasteiger partial charge in [-0.1, -0.05) is 6.07 Å². The molecule has 134 valence electrons. The first-order valence-corrected chi connectivity index (χ1v) is 9.69. The van der Waals surface area contributed by atoms with Gasteiger partial charge in [-0.05, 0) is 36.3 Å². The summed E-state index contributed by atoms with van der Waals surface area (Å²) in [5, 5.41) is 9.19. The number of carbonyl (C=O) groups is 1. The number of thiophene rings is 1. The fraction of sp³-hybridized carbons (Fsp3) is 0.556. The molecule has 0 saturated carbocycles. The lowest BCUT2D eigenvalue weighted by molar-refractivity contribution is -0.136. The van der Waals surface area contributed by atoms with Crippen LogP contribution in [0, 0.1) is 5.92 Å². The van der Waals surface area contributed by atoms with Crippen molar-refractivity contribution < 1.29 is 9.53 Å². The molecule has 1 N–H and O–H groups in total. The summed E-state index contributed by atoms with van der Waals surface area (Å²) in [4.78, 5) is 16.0. The lowest BCUT2D eigenvalue weighted by Crippen LogP contribution is -2.64. The molecule has 0 aromatic carbocycles. The average Bonchev–Trinajstić information content (AvgIpc) is 3.28. The predicted molar refractivity (Wildman–Crippen MR) is 96.5 cm³/mol. The van der Waals surface area contributed by atoms with Crippen molar-refractivity contribution in [2.24, 2.45) is 13.0 Å². The average molecular weight is 360 g/mol. The Bertz CT molecular complexity index is 721. The third kappa shape index (κ3) is 3.36. The Morgan fingerprint density at radius 2 is 2.36 bits per heavy atom. The van der Waals surface area contributed by atoms with Crippen molar-refractivity contribution in [2.45, 2.75) is 25.0 Å². The van der Waals surface area contributed by atoms with Gasteiger partial charge < -0.3 is 10.1 Å². The maximum Gasteiger partial charge on any atom is 0.269 e. The van der Waals surface area contributed by atoms with Gasteiger partial charge in [0.2, 0.25) is 0 Å². The van der Waals surface area contributed by atoms with Crippen molar-refractivity contribution in [2.75, 3.05) is 26.2 Å². The standard InChI is InChI=1S/C18H24N4O2S/c1-21-16(5-8-20-21)17(23)19-7-4-14-6-9-24-18(14)12-22(13-18)11-15-3-2-10-25-15/h2-3,5,8,10,14H,4,6-7,9,11-13H2,1H3,(H,19,23). The van der Waals surface area contributed by atoms with E-state index >= 15 is 0 Å². The summed E-state index contributed by atoms with van der Waals surface area (Å²) < 4.78 is 7.72. The number of hydrogen-bond donors (Lipinski definition) is 1. The topological polar surface area (TPSA) is 59.4 Å². The summed E-state index contributed by atoms with van der Waals surface area (Å²) in [6.45, 7) is 4.56. The Labute approximate surface area is 151 Å². The first-order valence-electron chi connectivity index (χ1n) is 8.81. The molecule has 1 amide bonds. The van der Waals surface area contributed by atoms with E-state index in [1.165, 1.54) is 4.88 Å². The maximum absolute atomic E-state index is 12.2. The SMILES string of the molecule is Cn1nccc1C(=O)NCCC1CCOC12CN(Cc1cccs1)C2. The van der Waals surface area contributed by atoms with E-state index in [9.17, 15) is 4.79 Å². The summed E-state index contributed by atoms with van der Waals surface area (Å²) in [7, 11) is 1.78. The first-order chi connectivity index (χ1) is 12.2. The number of amides is 1. The molecule has 1 atom stereocenters. The van der Waals surface area contributed by atoms with Gasteiger partial charge in [-0.15, -0.1) is 11.3 Å². The van der Waals surface area contributed by atoms with Crippen LogP contribution in [0.1, 0.15) is 28.2 Å². The van der Waals surface area contributed by atoms with Gasteiger partial charge in [-0.25, -0.2) is 0 Å². The molecule has 6 nitrogen and oxygen atoms in total. The zero-order valence-electron chi connectivity index (χ0n) is 14.5. The summed E-state index contributed by atoms with van der Waals surface area (Å²) in [5.74, 6) is 0.472. The van der Waals surface area contributed by atoms with Crippen molar-refractivity contribution in [3.8, 4) is 0 Å². The molecule has 1 spiro atoms. The van der Waals surface area contributed by atoms with Crippen molar-refractivity contribution >= 4 is 17.2 Å². The molecule has 1 unspecified atom stereocenters. The quantitative estimate of drug-likeness (QED) is 0.855. The Morgan fingerprint density at radius 3 is 3.08 bits per heavy atom. The Hall–Kier alpha value is -1.70. The van der Waals surface area contributed by atoms with Gasteiger partial charge in [-0.3, -0.25) is 14.4 Å². The van der Waals surface area contributed by atoms with Gasteiger partial charge in [0.25, 0.3) is 5.91 Å². The van der Waals surface area contributed by atoms with Gasteiger partial charge in [0.1, 0.15) is 5.69 Å². The zero-order valence-corrected chi connectivity index (χ0v) is 15.3. The van der Waals surface area contributed by atoms with E-state index in [0.29, 0.717) is 18.2 Å². The van der Waals surface area contributed by atoms with Gasteiger partial charge in [0, 0.05) is 50.9 Å². The molecule has 0 radical (unpaired) electrons. The fourth-order valence-corrected chi connectivity index (χ4v) is 4.78. The smallest absolute Gasteiger partial charge is 0.269 e. The van der Waals surface area contributed by atoms with Crippen LogP contribution >= 0.6 is 11.3 Å². The van der Waals surface area contributed by atoms with Crippen LogP contribution in [0.5, 0.6) is 0 Å². The van der Waals surface area contributed by atoms with Crippen LogP contribution in [0.4, 0.5) is 0 Å². The summed E-state index contributed by atoms with van der Waals surface area (Å²) in [6, 6.07) is 6.04. The second-order valence-corrected chi connectivity index (χ2v) is 8.04. The summed E-state index contributed by atoms with van der Waals surface area (Å²) >= 11 is 1.81. The number of likely N-dealkylation sites (tertiary alicyclic amines) is 1. The molecule has 2 aliphatic heterocycles. The first kappa shape index (κ1) is 16.8. The number of carbonyl (C=O) groups excluding carboxylic acids is 1. The summed E-state index contributed by atoms with van der Waals surface area (Å²) in [6.07, 6.45) is 3.70. The van der Waals surface area contributed by atoms with Crippen molar-refractivity contribution in [1.82, 2.24) is 20.0 Å². The molecule has 2 fully saturated rings. The molecule has 0 bridgehead atoms. The van der Waals surface area contributed by atoms with E-state index in [-0.39, 0.29) is 11.5 Å². The van der Waals surface area contributed by atoms with Gasteiger partial charge >= 0.3 is 0 Å². The van der Waals surface area contributed by atoms with Crippen LogP contribution in [-0.2, 0) is 18.3 Å². The van der Waals surface area contributed by atoms with Crippen LogP contribution in [0.3, 0.4) is 0 Å². The van der Waals surface area contributed by atoms with Crippen LogP contribution in [0.2, 0.25) is 0 Å². The molecule has 2 saturated heterocycles. The van der Waals surface area contributed by atoms with E-state index in [0.717, 1.165) is 39.1 Å². The number of nitrogens with zero attached hydrogens (tertiary/aromatic N) is 3. The monoisotopic (exact) mass is 360 g/mol. The Morgan fingerprint density at radius 1 is 1.48 bits per heavy atom. The van der Waals surface area contributed by atoms with E-state index < -0.39 is 0 Å². The number of nitrogens with one attached hydrogen (secondary N) is 1. The number of rotatable bonds is 6. The lowest BCUT2D eigenvalue weighted by Gasteiger charge is -2.50. The fourth-order valence-electron chi connectivity index (χ4n) is 4.03. The normalized spacial score (nSPS) is 22.2. The Kier molecular flexibility index (Phi) is 4.62. The second-order valence-electron chi connectivity index (χ2n) is 7.01. The molecule has 2 aliphatic rings. The molecule has 7 heteroatoms. The molecule has 25 heavy (non-hydrogen) atoms. The Balaban J connectivity index is 1.25. The van der Waals surface area contributed by atoms with Gasteiger partial charge in [0.05, 0.1) is 5.60 Å². The molecule has 4 heterocycles. The van der Waals surface area contributed by atoms with Crippen LogP contribution in [0.25, 0.3) is 0 Å². The zero-order chi connectivity index (χ0) is 17.3. The van der Waals surface area contributed by atoms with Gasteiger partial charge in [0.15, 0.2) is 0 Å². The largest absolute Gasteiger partial charge is 0.372 e. The predicted octanol–water partition coefficient (Wildman–Crippen LogP) is 1.89. The van der Waals surface area contributed by atoms with E-state index in [1.807, 2.05) is 11.3 Å². The van der Waals surface area contributed by atoms with Crippen molar-refractivity contribution in [1.29, 1.82) is 0 Å². The highest BCUT2D eigenvalue weighted by atomic mass is 32.1. The molecular formula is C18H24N4O2S. The van der Waals surface area contributed by atoms with Crippen molar-refractivity contribution in [3.63, 3.8) is 0 Å². The molecule has 2 aromatic rings. The molecule has 4 rings (SSSR count). The number of aryl methyl sites for hydroxylation is 1. The summed E-state index contributed by atoms with van der Waals surface area (Å²) in [5.41, 5.74) is 0.609. The van der Waals surface area contributed by atoms with Crippen LogP contribution in [-0.4, -0.2) is 52.4 Å². The lowest BCUT2D eigenvalue weighted by atomic mass is 9.79. The third-order valence-corrected chi connectivity index (χ3v) is 6.23. The highest BCUT2D eigenvalue weighted by molar-refractivity contribution is 7.09. The number of ether oxygens (including phenoxy) is 1. The van der Waals surface area contributed by atoms with E-state index in [1.54, 1.807) is 24.0 Å². The highest BCUT2D eigenvalue weighted by Crippen LogP contribution is 2.42. The number of aromatic nitrogens is 2. The van der Waals surface area contributed by atoms with Crippen LogP contribution < -0.4 is 5.32 Å². The molecule has 2 aromatic heterocycles. The van der Waals surface area contributed by atoms with E-state index in [2.05, 4.69) is 32.8 Å². The van der Waals surface area contributed by atoms with Gasteiger partial charge in [-0.2, -0.15) is 5.10 Å². The molecular weight excluding hydrogens is 336 g/mol. The minimum Gasteiger partial charge on any atom is -0.372 e. The minimum atomic E-state index is -0.0547. The van der Waals surface area contributed by atoms with Crippen LogP contribution in [0.15, 0.2) is 29.8 Å². The van der Waals surface area contributed by atoms with Crippen molar-refractivity contribution in [3.05, 3.63) is 40.3 Å². The van der Waals surface area contributed by atoms with E-state index in [4.69, 9.17) is 4.74 Å². The maximum atomic E-state index is 12.2. The minimum absolute atomic E-state index is 0.00845. The number of hydrogen-bond acceptors (Lipinski definition) is 5. The third-order valence-electron chi connectivity index (χ3n) is 5.37. The molecule has 0 aliphatic carbocycles. The second kappa shape index (κ2) is 6.90.